The molecule has 0 radical (unpaired) electrons. The van der Waals surface area contributed by atoms with Gasteiger partial charge in [0, 0.05) is 11.6 Å². The third-order valence-corrected chi connectivity index (χ3v) is 7.67. The minimum atomic E-state index is -0.441. The molecular formula is C24H22ClN5O3S. The summed E-state index contributed by atoms with van der Waals surface area (Å²) in [5.41, 5.74) is 8.10. The number of allylic oxidation sites excluding steroid dienone is 1. The summed E-state index contributed by atoms with van der Waals surface area (Å²) in [5, 5.41) is 9.35. The van der Waals surface area contributed by atoms with E-state index in [9.17, 15) is 14.4 Å². The maximum absolute atomic E-state index is 12.8. The SMILES string of the molecule is Cc1cccc(Cl)c1NC(=O)c1ccc2nc(NC(=O)NC3C4C=CC(C4)C3C(N)=O)sc2c1. The Hall–Kier alpha value is -3.43. The predicted octanol–water partition coefficient (Wildman–Crippen LogP) is 4.31. The number of urea groups is 1. The standard InChI is InChI=1S/C24H22ClN5O3S/c1-11-3-2-4-15(25)19(11)28-22(32)14-7-8-16-17(10-14)34-24(27-16)30-23(33)29-20-13-6-5-12(9-13)18(20)21(26)31/h2-8,10,12-13,18,20H,9H2,1H3,(H2,26,31)(H,28,32)(H2,27,29,30,33). The summed E-state index contributed by atoms with van der Waals surface area (Å²) in [7, 11) is 0. The predicted molar refractivity (Wildman–Crippen MR) is 133 cm³/mol. The number of nitrogens with zero attached hydrogens (tertiary/aromatic N) is 1. The Morgan fingerprint density at radius 3 is 2.68 bits per heavy atom. The number of nitrogens with two attached hydrogens (primary N) is 1. The maximum Gasteiger partial charge on any atom is 0.321 e. The highest BCUT2D eigenvalue weighted by molar-refractivity contribution is 7.22. The van der Waals surface area contributed by atoms with Crippen molar-refractivity contribution in [1.82, 2.24) is 10.3 Å². The third kappa shape index (κ3) is 4.12. The van der Waals surface area contributed by atoms with Crippen LogP contribution < -0.4 is 21.7 Å². The summed E-state index contributed by atoms with van der Waals surface area (Å²) in [5.74, 6) is -0.916. The van der Waals surface area contributed by atoms with E-state index in [0.29, 0.717) is 26.9 Å². The third-order valence-electron chi connectivity index (χ3n) is 6.42. The number of rotatable bonds is 5. The van der Waals surface area contributed by atoms with Crippen molar-refractivity contribution in [1.29, 1.82) is 0 Å². The Balaban J connectivity index is 1.28. The fourth-order valence-electron chi connectivity index (χ4n) is 4.79. The van der Waals surface area contributed by atoms with Crippen LogP contribution in [0.5, 0.6) is 0 Å². The molecule has 1 saturated carbocycles. The van der Waals surface area contributed by atoms with Gasteiger partial charge in [-0.1, -0.05) is 47.2 Å². The number of hydrogen-bond donors (Lipinski definition) is 4. The lowest BCUT2D eigenvalue weighted by Gasteiger charge is -2.26. The van der Waals surface area contributed by atoms with Gasteiger partial charge in [0.15, 0.2) is 5.13 Å². The molecule has 0 spiro atoms. The van der Waals surface area contributed by atoms with Gasteiger partial charge in [0.1, 0.15) is 0 Å². The zero-order chi connectivity index (χ0) is 24.0. The van der Waals surface area contributed by atoms with Gasteiger partial charge < -0.3 is 16.4 Å². The van der Waals surface area contributed by atoms with Crippen molar-refractivity contribution in [3.8, 4) is 0 Å². The Labute approximate surface area is 204 Å². The fraction of sp³-hybridized carbons (Fsp3) is 0.250. The first-order valence-electron chi connectivity index (χ1n) is 10.8. The first kappa shape index (κ1) is 22.4. The van der Waals surface area contributed by atoms with Crippen molar-refractivity contribution in [2.24, 2.45) is 23.5 Å². The van der Waals surface area contributed by atoms with Gasteiger partial charge in [-0.15, -0.1) is 0 Å². The van der Waals surface area contributed by atoms with E-state index >= 15 is 0 Å². The zero-order valence-corrected chi connectivity index (χ0v) is 19.7. The van der Waals surface area contributed by atoms with Gasteiger partial charge >= 0.3 is 6.03 Å². The lowest BCUT2D eigenvalue weighted by molar-refractivity contribution is -0.123. The molecule has 3 aromatic rings. The summed E-state index contributed by atoms with van der Waals surface area (Å²) in [6.45, 7) is 1.87. The van der Waals surface area contributed by atoms with Gasteiger partial charge in [0.05, 0.1) is 26.8 Å². The van der Waals surface area contributed by atoms with E-state index in [1.54, 1.807) is 24.3 Å². The first-order valence-corrected chi connectivity index (χ1v) is 12.0. The van der Waals surface area contributed by atoms with E-state index in [-0.39, 0.29) is 23.8 Å². The number of hydrogen-bond acceptors (Lipinski definition) is 5. The number of para-hydroxylation sites is 1. The van der Waals surface area contributed by atoms with Gasteiger partial charge in [0.25, 0.3) is 5.91 Å². The van der Waals surface area contributed by atoms with Crippen molar-refractivity contribution in [2.75, 3.05) is 10.6 Å². The summed E-state index contributed by atoms with van der Waals surface area (Å²) < 4.78 is 0.747. The summed E-state index contributed by atoms with van der Waals surface area (Å²) >= 11 is 7.47. The second kappa shape index (κ2) is 8.73. The Kier molecular flexibility index (Phi) is 5.75. The molecule has 2 aromatic carbocycles. The Morgan fingerprint density at radius 2 is 1.91 bits per heavy atom. The largest absolute Gasteiger partial charge is 0.369 e. The number of fused-ring (bicyclic) bond motifs is 3. The lowest BCUT2D eigenvalue weighted by Crippen LogP contribution is -2.48. The van der Waals surface area contributed by atoms with Crippen molar-refractivity contribution >= 4 is 61.8 Å². The van der Waals surface area contributed by atoms with Gasteiger partial charge in [0.2, 0.25) is 5.91 Å². The van der Waals surface area contributed by atoms with Crippen LogP contribution in [0.15, 0.2) is 48.6 Å². The van der Waals surface area contributed by atoms with Crippen LogP contribution in [0.2, 0.25) is 5.02 Å². The molecule has 4 unspecified atom stereocenters. The molecule has 4 atom stereocenters. The average Bonchev–Trinajstić information content (AvgIpc) is 3.49. The minimum Gasteiger partial charge on any atom is -0.369 e. The smallest absolute Gasteiger partial charge is 0.321 e. The van der Waals surface area contributed by atoms with Gasteiger partial charge in [-0.05, 0) is 55.0 Å². The zero-order valence-electron chi connectivity index (χ0n) is 18.2. The van der Waals surface area contributed by atoms with E-state index in [0.717, 1.165) is 16.7 Å². The highest BCUT2D eigenvalue weighted by Crippen LogP contribution is 2.43. The molecule has 1 aromatic heterocycles. The second-order valence-corrected chi connectivity index (χ2v) is 10.0. The minimum absolute atomic E-state index is 0.0781. The van der Waals surface area contributed by atoms with E-state index < -0.39 is 17.9 Å². The highest BCUT2D eigenvalue weighted by Gasteiger charge is 2.48. The molecule has 0 saturated heterocycles. The molecule has 2 aliphatic carbocycles. The monoisotopic (exact) mass is 495 g/mol. The fourth-order valence-corrected chi connectivity index (χ4v) is 5.96. The number of primary amides is 1. The molecule has 1 heterocycles. The van der Waals surface area contributed by atoms with E-state index in [2.05, 4.69) is 20.9 Å². The van der Waals surface area contributed by atoms with Crippen LogP contribution in [-0.4, -0.2) is 28.9 Å². The molecule has 1 fully saturated rings. The van der Waals surface area contributed by atoms with Crippen LogP contribution in [0.3, 0.4) is 0 Å². The maximum atomic E-state index is 12.8. The molecule has 2 aliphatic rings. The number of anilines is 2. The average molecular weight is 496 g/mol. The lowest BCUT2D eigenvalue weighted by atomic mass is 9.88. The number of thiazole rings is 1. The molecule has 8 nitrogen and oxygen atoms in total. The molecule has 0 aliphatic heterocycles. The summed E-state index contributed by atoms with van der Waals surface area (Å²) in [6, 6.07) is 9.77. The summed E-state index contributed by atoms with van der Waals surface area (Å²) in [6.07, 6.45) is 4.85. The number of aromatic nitrogens is 1. The summed E-state index contributed by atoms with van der Waals surface area (Å²) in [4.78, 5) is 41.7. The van der Waals surface area contributed by atoms with Crippen LogP contribution in [0.25, 0.3) is 10.2 Å². The van der Waals surface area contributed by atoms with Crippen LogP contribution in [-0.2, 0) is 4.79 Å². The molecule has 5 N–H and O–H groups in total. The van der Waals surface area contributed by atoms with Crippen LogP contribution in [0.4, 0.5) is 15.6 Å². The highest BCUT2D eigenvalue weighted by atomic mass is 35.5. The first-order chi connectivity index (χ1) is 16.3. The number of benzene rings is 2. The van der Waals surface area contributed by atoms with Gasteiger partial charge in [-0.3, -0.25) is 14.9 Å². The van der Waals surface area contributed by atoms with E-state index in [4.69, 9.17) is 17.3 Å². The molecule has 174 valence electrons. The quantitative estimate of drug-likeness (QED) is 0.393. The second-order valence-electron chi connectivity index (χ2n) is 8.59. The van der Waals surface area contributed by atoms with E-state index in [1.165, 1.54) is 11.3 Å². The molecule has 5 rings (SSSR count). The molecular weight excluding hydrogens is 474 g/mol. The topological polar surface area (TPSA) is 126 Å². The Bertz CT molecular complexity index is 1330. The van der Waals surface area contributed by atoms with Gasteiger partial charge in [-0.25, -0.2) is 9.78 Å². The number of nitrogens with one attached hydrogen (secondary N) is 3. The molecule has 34 heavy (non-hydrogen) atoms. The molecule has 4 amide bonds. The van der Waals surface area contributed by atoms with Crippen LogP contribution in [0, 0.1) is 24.7 Å². The number of halogens is 1. The van der Waals surface area contributed by atoms with Crippen molar-refractivity contribution < 1.29 is 14.4 Å². The van der Waals surface area contributed by atoms with Crippen molar-refractivity contribution in [3.05, 3.63) is 64.7 Å². The molecule has 2 bridgehead atoms. The number of carbonyl (C=O) groups is 3. The van der Waals surface area contributed by atoms with Crippen LogP contribution in [0.1, 0.15) is 22.3 Å². The number of carbonyl (C=O) groups excluding carboxylic acids is 3. The number of aryl methyl sites for hydroxylation is 1. The van der Waals surface area contributed by atoms with Crippen molar-refractivity contribution in [3.63, 3.8) is 0 Å². The molecule has 10 heteroatoms. The number of amides is 4. The Morgan fingerprint density at radius 1 is 1.12 bits per heavy atom. The van der Waals surface area contributed by atoms with E-state index in [1.807, 2.05) is 31.2 Å². The van der Waals surface area contributed by atoms with Gasteiger partial charge in [-0.2, -0.15) is 0 Å². The van der Waals surface area contributed by atoms with Crippen molar-refractivity contribution in [2.45, 2.75) is 19.4 Å². The normalized spacial score (nSPS) is 22.6. The van der Waals surface area contributed by atoms with Crippen LogP contribution >= 0.6 is 22.9 Å².